The summed E-state index contributed by atoms with van der Waals surface area (Å²) in [5.74, 6) is 0. The van der Waals surface area contributed by atoms with Crippen molar-refractivity contribution in [2.45, 2.75) is 13.3 Å². The molecule has 0 unspecified atom stereocenters. The molecule has 2 aromatic carbocycles. The fourth-order valence-electron chi connectivity index (χ4n) is 3.49. The van der Waals surface area contributed by atoms with E-state index < -0.39 is 0 Å². The maximum atomic E-state index is 5.34. The number of rotatable bonds is 3. The Morgan fingerprint density at radius 2 is 1.52 bits per heavy atom. The van der Waals surface area contributed by atoms with Gasteiger partial charge in [-0.1, -0.05) is 6.92 Å². The van der Waals surface area contributed by atoms with Crippen molar-refractivity contribution in [2.24, 2.45) is 0 Å². The summed E-state index contributed by atoms with van der Waals surface area (Å²) in [5, 5.41) is 8.89. The quantitative estimate of drug-likeness (QED) is 0.262. The van der Waals surface area contributed by atoms with Crippen molar-refractivity contribution in [3.8, 4) is 0 Å². The van der Waals surface area contributed by atoms with Gasteiger partial charge in [-0.05, 0) is 61.1 Å². The average Bonchev–Trinajstić information content (AvgIpc) is 2.77. The summed E-state index contributed by atoms with van der Waals surface area (Å²) < 4.78 is 0. The fraction of sp³-hybridized carbons (Fsp3) is 0.136. The molecule has 0 aliphatic rings. The van der Waals surface area contributed by atoms with E-state index in [1.807, 2.05) is 42.5 Å². The van der Waals surface area contributed by atoms with E-state index in [9.17, 15) is 0 Å². The smallest absolute Gasteiger partial charge is 0.170 e. The highest BCUT2D eigenvalue weighted by Crippen LogP contribution is 2.32. The lowest BCUT2D eigenvalue weighted by Crippen LogP contribution is -2.28. The van der Waals surface area contributed by atoms with Crippen molar-refractivity contribution < 1.29 is 0 Å². The molecule has 142 valence electrons. The third-order valence-corrected chi connectivity index (χ3v) is 5.05. The summed E-state index contributed by atoms with van der Waals surface area (Å²) in [4.78, 5) is 19.0. The van der Waals surface area contributed by atoms with Gasteiger partial charge in [-0.15, -0.1) is 0 Å². The number of hydrogen-bond acceptors (Lipinski definition) is 5. The first-order chi connectivity index (χ1) is 14.2. The zero-order valence-electron chi connectivity index (χ0n) is 15.8. The summed E-state index contributed by atoms with van der Waals surface area (Å²) in [6, 6.07) is 13.8. The van der Waals surface area contributed by atoms with E-state index in [0.29, 0.717) is 5.11 Å². The molecule has 0 bridgehead atoms. The Kier molecular flexibility index (Phi) is 4.37. The van der Waals surface area contributed by atoms with Crippen molar-refractivity contribution in [2.75, 3.05) is 11.9 Å². The highest BCUT2D eigenvalue weighted by molar-refractivity contribution is 7.80. The van der Waals surface area contributed by atoms with Crippen molar-refractivity contribution in [3.05, 3.63) is 54.9 Å². The van der Waals surface area contributed by atoms with E-state index in [0.717, 1.165) is 62.5 Å². The van der Waals surface area contributed by atoms with Gasteiger partial charge in [0.15, 0.2) is 5.11 Å². The predicted octanol–water partition coefficient (Wildman–Crippen LogP) is 4.58. The Morgan fingerprint density at radius 3 is 2.17 bits per heavy atom. The topological polar surface area (TPSA) is 75.6 Å². The number of nitrogens with zero attached hydrogens (tertiary/aromatic N) is 4. The lowest BCUT2D eigenvalue weighted by Gasteiger charge is -2.11. The van der Waals surface area contributed by atoms with Gasteiger partial charge in [-0.25, -0.2) is 9.97 Å². The number of fused-ring (bicyclic) bond motifs is 7. The molecule has 7 heteroatoms. The zero-order chi connectivity index (χ0) is 19.8. The number of benzene rings is 2. The Hall–Kier alpha value is -3.45. The number of aromatic nitrogens is 4. The van der Waals surface area contributed by atoms with Crippen LogP contribution in [0.5, 0.6) is 0 Å². The minimum atomic E-state index is 0.603. The summed E-state index contributed by atoms with van der Waals surface area (Å²) in [6.45, 7) is 2.94. The van der Waals surface area contributed by atoms with E-state index in [-0.39, 0.29) is 0 Å². The van der Waals surface area contributed by atoms with Gasteiger partial charge >= 0.3 is 0 Å². The molecule has 5 aromatic rings. The molecule has 29 heavy (non-hydrogen) atoms. The van der Waals surface area contributed by atoms with Crippen LogP contribution < -0.4 is 10.6 Å². The maximum absolute atomic E-state index is 5.34. The summed E-state index contributed by atoms with van der Waals surface area (Å²) in [7, 11) is 0. The molecule has 3 aromatic heterocycles. The van der Waals surface area contributed by atoms with Crippen molar-refractivity contribution in [1.82, 2.24) is 25.3 Å². The van der Waals surface area contributed by atoms with Crippen LogP contribution in [-0.4, -0.2) is 31.6 Å². The molecule has 0 spiro atoms. The van der Waals surface area contributed by atoms with Crippen LogP contribution in [0.2, 0.25) is 0 Å². The van der Waals surface area contributed by atoms with Gasteiger partial charge in [0.1, 0.15) is 0 Å². The Morgan fingerprint density at radius 1 is 0.862 bits per heavy atom. The zero-order valence-corrected chi connectivity index (χ0v) is 16.6. The van der Waals surface area contributed by atoms with Gasteiger partial charge < -0.3 is 10.6 Å². The minimum absolute atomic E-state index is 0.603. The molecule has 3 heterocycles. The SMILES string of the molecule is CCCNC(=S)Nc1ccc2nc3c4cccnc4c4ncccc4c3nc2c1. The van der Waals surface area contributed by atoms with E-state index in [1.54, 1.807) is 12.4 Å². The Balaban J connectivity index is 1.73. The third kappa shape index (κ3) is 3.09. The van der Waals surface area contributed by atoms with Crippen LogP contribution in [-0.2, 0) is 0 Å². The third-order valence-electron chi connectivity index (χ3n) is 4.81. The van der Waals surface area contributed by atoms with Crippen LogP contribution in [0.3, 0.4) is 0 Å². The molecule has 2 N–H and O–H groups in total. The predicted molar refractivity (Wildman–Crippen MR) is 122 cm³/mol. The Bertz CT molecular complexity index is 1400. The molecule has 0 saturated carbocycles. The van der Waals surface area contributed by atoms with Crippen LogP contribution in [0.1, 0.15) is 13.3 Å². The van der Waals surface area contributed by atoms with E-state index >= 15 is 0 Å². The van der Waals surface area contributed by atoms with Gasteiger partial charge in [0, 0.05) is 35.4 Å². The van der Waals surface area contributed by atoms with Crippen LogP contribution >= 0.6 is 12.2 Å². The van der Waals surface area contributed by atoms with Crippen molar-refractivity contribution in [1.29, 1.82) is 0 Å². The second-order valence-electron chi connectivity index (χ2n) is 6.80. The maximum Gasteiger partial charge on any atom is 0.170 e. The summed E-state index contributed by atoms with van der Waals surface area (Å²) >= 11 is 5.34. The second-order valence-corrected chi connectivity index (χ2v) is 7.21. The molecule has 5 rings (SSSR count). The molecule has 0 atom stereocenters. The molecule has 0 fully saturated rings. The number of thiocarbonyl (C=S) groups is 1. The highest BCUT2D eigenvalue weighted by atomic mass is 32.1. The lowest BCUT2D eigenvalue weighted by molar-refractivity contribution is 0.846. The van der Waals surface area contributed by atoms with E-state index in [1.165, 1.54) is 0 Å². The molecule has 6 nitrogen and oxygen atoms in total. The first-order valence-corrected chi connectivity index (χ1v) is 9.93. The van der Waals surface area contributed by atoms with Gasteiger partial charge in [0.05, 0.1) is 33.1 Å². The van der Waals surface area contributed by atoms with Gasteiger partial charge in [-0.3, -0.25) is 9.97 Å². The first-order valence-electron chi connectivity index (χ1n) is 9.52. The fourth-order valence-corrected chi connectivity index (χ4v) is 3.71. The molecular formula is C22H18N6S. The first kappa shape index (κ1) is 17.6. The lowest BCUT2D eigenvalue weighted by atomic mass is 10.1. The van der Waals surface area contributed by atoms with Crippen LogP contribution in [0.15, 0.2) is 54.9 Å². The largest absolute Gasteiger partial charge is 0.362 e. The molecular weight excluding hydrogens is 380 g/mol. The summed E-state index contributed by atoms with van der Waals surface area (Å²) in [6.07, 6.45) is 4.58. The normalized spacial score (nSPS) is 11.3. The van der Waals surface area contributed by atoms with Gasteiger partial charge in [0.2, 0.25) is 0 Å². The highest BCUT2D eigenvalue weighted by Gasteiger charge is 2.13. The molecule has 0 aliphatic carbocycles. The molecule has 0 saturated heterocycles. The summed E-state index contributed by atoms with van der Waals surface area (Å²) in [5.41, 5.74) is 5.84. The van der Waals surface area contributed by atoms with Gasteiger partial charge in [0.25, 0.3) is 0 Å². The van der Waals surface area contributed by atoms with Crippen LogP contribution in [0.4, 0.5) is 5.69 Å². The van der Waals surface area contributed by atoms with E-state index in [4.69, 9.17) is 22.2 Å². The molecule has 0 amide bonds. The van der Waals surface area contributed by atoms with Crippen molar-refractivity contribution in [3.63, 3.8) is 0 Å². The average molecular weight is 398 g/mol. The molecule has 0 aliphatic heterocycles. The van der Waals surface area contributed by atoms with Gasteiger partial charge in [-0.2, -0.15) is 0 Å². The molecule has 0 radical (unpaired) electrons. The minimum Gasteiger partial charge on any atom is -0.362 e. The van der Waals surface area contributed by atoms with Crippen LogP contribution in [0.25, 0.3) is 43.9 Å². The number of anilines is 1. The number of pyridine rings is 2. The van der Waals surface area contributed by atoms with E-state index in [2.05, 4.69) is 27.5 Å². The standard InChI is InChI=1S/C22H18N6S/c1-2-9-25-22(29)26-13-7-8-16-17(12-13)28-21-15-6-4-11-24-19(15)18-14(20(21)27-16)5-3-10-23-18/h3-8,10-12H,2,9H2,1H3,(H2,25,26,29). The Labute approximate surface area is 172 Å². The van der Waals surface area contributed by atoms with Crippen molar-refractivity contribution >= 4 is 66.9 Å². The van der Waals surface area contributed by atoms with Crippen LogP contribution in [0, 0.1) is 0 Å². The number of hydrogen-bond donors (Lipinski definition) is 2. The second kappa shape index (κ2) is 7.18. The number of nitrogens with one attached hydrogen (secondary N) is 2. The monoisotopic (exact) mass is 398 g/mol.